The molecule has 0 aliphatic rings. The fourth-order valence-electron chi connectivity index (χ4n) is 3.13. The van der Waals surface area contributed by atoms with Crippen molar-refractivity contribution >= 4 is 46.1 Å². The molecule has 0 heterocycles. The van der Waals surface area contributed by atoms with E-state index in [0.717, 1.165) is 16.3 Å². The number of hydrogen-bond acceptors (Lipinski definition) is 3. The minimum absolute atomic E-state index is 0.289. The summed E-state index contributed by atoms with van der Waals surface area (Å²) in [6, 6.07) is 27.1. The summed E-state index contributed by atoms with van der Waals surface area (Å²) < 4.78 is 0. The molecule has 6 heteroatoms. The monoisotopic (exact) mass is 427 g/mol. The van der Waals surface area contributed by atoms with Gasteiger partial charge in [-0.05, 0) is 53.2 Å². The van der Waals surface area contributed by atoms with Crippen molar-refractivity contribution in [3.63, 3.8) is 0 Å². The summed E-state index contributed by atoms with van der Waals surface area (Å²) in [5.41, 5.74) is 4.79. The minimum atomic E-state index is -0.376. The Balaban J connectivity index is 1.43. The zero-order valence-electron chi connectivity index (χ0n) is 16.4. The molecule has 0 unspecified atom stereocenters. The maximum absolute atomic E-state index is 12.5. The van der Waals surface area contributed by atoms with Gasteiger partial charge in [0.1, 0.15) is 0 Å². The molecule has 0 saturated carbocycles. The standard InChI is InChI=1S/C25H18ClN3O2/c26-21-13-11-18(12-14-21)24(30)28-22-9-4-7-19(15-22)25(31)29-27-16-20-8-3-6-17-5-1-2-10-23(17)20/h1-16H,(H,28,30)(H,29,31). The van der Waals surface area contributed by atoms with Crippen LogP contribution in [0.1, 0.15) is 26.3 Å². The number of amides is 2. The lowest BCUT2D eigenvalue weighted by Gasteiger charge is -2.07. The van der Waals surface area contributed by atoms with Gasteiger partial charge in [0.15, 0.2) is 0 Å². The van der Waals surface area contributed by atoms with E-state index >= 15 is 0 Å². The second-order valence-corrected chi connectivity index (χ2v) is 7.25. The Kier molecular flexibility index (Phi) is 6.05. The van der Waals surface area contributed by atoms with Gasteiger partial charge in [0, 0.05) is 27.4 Å². The molecule has 0 aliphatic carbocycles. The fourth-order valence-corrected chi connectivity index (χ4v) is 3.26. The van der Waals surface area contributed by atoms with Gasteiger partial charge in [-0.1, -0.05) is 60.1 Å². The molecule has 4 rings (SSSR count). The highest BCUT2D eigenvalue weighted by Crippen LogP contribution is 2.17. The molecule has 0 bridgehead atoms. The van der Waals surface area contributed by atoms with Crippen LogP contribution >= 0.6 is 11.6 Å². The average molecular weight is 428 g/mol. The van der Waals surface area contributed by atoms with E-state index in [0.29, 0.717) is 21.8 Å². The molecule has 0 atom stereocenters. The number of hydrazone groups is 1. The maximum atomic E-state index is 12.5. The Bertz CT molecular complexity index is 1280. The molecule has 0 radical (unpaired) electrons. The van der Waals surface area contributed by atoms with Crippen molar-refractivity contribution in [1.29, 1.82) is 0 Å². The van der Waals surface area contributed by atoms with Gasteiger partial charge in [-0.3, -0.25) is 9.59 Å². The van der Waals surface area contributed by atoms with Crippen LogP contribution in [0.5, 0.6) is 0 Å². The highest BCUT2D eigenvalue weighted by Gasteiger charge is 2.09. The van der Waals surface area contributed by atoms with Crippen molar-refractivity contribution in [2.75, 3.05) is 5.32 Å². The van der Waals surface area contributed by atoms with E-state index in [1.165, 1.54) is 0 Å². The van der Waals surface area contributed by atoms with Crippen molar-refractivity contribution in [1.82, 2.24) is 5.43 Å². The molecule has 0 saturated heterocycles. The van der Waals surface area contributed by atoms with Gasteiger partial charge in [0.05, 0.1) is 6.21 Å². The van der Waals surface area contributed by atoms with E-state index in [9.17, 15) is 9.59 Å². The van der Waals surface area contributed by atoms with Gasteiger partial charge < -0.3 is 5.32 Å². The van der Waals surface area contributed by atoms with Crippen molar-refractivity contribution in [2.24, 2.45) is 5.10 Å². The van der Waals surface area contributed by atoms with Crippen molar-refractivity contribution < 1.29 is 9.59 Å². The van der Waals surface area contributed by atoms with Crippen LogP contribution in [0.25, 0.3) is 10.8 Å². The molecule has 0 aliphatic heterocycles. The summed E-state index contributed by atoms with van der Waals surface area (Å²) in [7, 11) is 0. The lowest BCUT2D eigenvalue weighted by Crippen LogP contribution is -2.18. The van der Waals surface area contributed by atoms with Crippen LogP contribution in [0.3, 0.4) is 0 Å². The van der Waals surface area contributed by atoms with Crippen LogP contribution in [0.4, 0.5) is 5.69 Å². The lowest BCUT2D eigenvalue weighted by atomic mass is 10.1. The molecule has 0 aromatic heterocycles. The normalized spacial score (nSPS) is 10.9. The van der Waals surface area contributed by atoms with E-state index in [-0.39, 0.29) is 11.8 Å². The second-order valence-electron chi connectivity index (χ2n) is 6.81. The SMILES string of the molecule is O=C(NN=Cc1cccc2ccccc12)c1cccc(NC(=O)c2ccc(Cl)cc2)c1. The first-order valence-electron chi connectivity index (χ1n) is 9.58. The molecule has 2 amide bonds. The molecule has 31 heavy (non-hydrogen) atoms. The van der Waals surface area contributed by atoms with Crippen LogP contribution < -0.4 is 10.7 Å². The number of halogens is 1. The maximum Gasteiger partial charge on any atom is 0.271 e. The zero-order chi connectivity index (χ0) is 21.6. The number of hydrogen-bond donors (Lipinski definition) is 2. The Labute approximate surface area is 184 Å². The fraction of sp³-hybridized carbons (Fsp3) is 0. The molecule has 2 N–H and O–H groups in total. The number of benzene rings is 4. The van der Waals surface area contributed by atoms with Crippen molar-refractivity contribution in [2.45, 2.75) is 0 Å². The third kappa shape index (κ3) is 4.97. The van der Waals surface area contributed by atoms with Crippen LogP contribution in [0, 0.1) is 0 Å². The molecule has 5 nitrogen and oxygen atoms in total. The minimum Gasteiger partial charge on any atom is -0.322 e. The summed E-state index contributed by atoms with van der Waals surface area (Å²) in [6.07, 6.45) is 1.62. The first-order valence-corrected chi connectivity index (χ1v) is 9.96. The van der Waals surface area contributed by atoms with Gasteiger partial charge >= 0.3 is 0 Å². The summed E-state index contributed by atoms with van der Waals surface area (Å²) in [6.45, 7) is 0. The second kappa shape index (κ2) is 9.24. The van der Waals surface area contributed by atoms with E-state index in [1.807, 2.05) is 42.5 Å². The predicted molar refractivity (Wildman–Crippen MR) is 125 cm³/mol. The van der Waals surface area contributed by atoms with Gasteiger partial charge in [0.25, 0.3) is 11.8 Å². The highest BCUT2D eigenvalue weighted by atomic mass is 35.5. The predicted octanol–water partition coefficient (Wildman–Crippen LogP) is 5.51. The smallest absolute Gasteiger partial charge is 0.271 e. The number of rotatable bonds is 5. The summed E-state index contributed by atoms with van der Waals surface area (Å²) in [4.78, 5) is 24.9. The topological polar surface area (TPSA) is 70.6 Å². The molecular weight excluding hydrogens is 410 g/mol. The van der Waals surface area contributed by atoms with Gasteiger partial charge in [-0.25, -0.2) is 5.43 Å². The number of carbonyl (C=O) groups excluding carboxylic acids is 2. The van der Waals surface area contributed by atoms with E-state index in [4.69, 9.17) is 11.6 Å². The van der Waals surface area contributed by atoms with Crippen LogP contribution in [-0.2, 0) is 0 Å². The zero-order valence-corrected chi connectivity index (χ0v) is 17.1. The van der Waals surface area contributed by atoms with E-state index < -0.39 is 0 Å². The number of carbonyl (C=O) groups is 2. The highest BCUT2D eigenvalue weighted by molar-refractivity contribution is 6.30. The Morgan fingerprint density at radius 1 is 0.774 bits per heavy atom. The third-order valence-electron chi connectivity index (χ3n) is 4.68. The lowest BCUT2D eigenvalue weighted by molar-refractivity contribution is 0.0953. The average Bonchev–Trinajstić information content (AvgIpc) is 2.80. The van der Waals surface area contributed by atoms with Crippen LogP contribution in [0.15, 0.2) is 96.1 Å². The number of anilines is 1. The Morgan fingerprint density at radius 2 is 1.52 bits per heavy atom. The molecule has 0 spiro atoms. The van der Waals surface area contributed by atoms with E-state index in [2.05, 4.69) is 15.8 Å². The molecular formula is C25H18ClN3O2. The first kappa shape index (κ1) is 20.3. The van der Waals surface area contributed by atoms with Crippen LogP contribution in [-0.4, -0.2) is 18.0 Å². The largest absolute Gasteiger partial charge is 0.322 e. The first-order chi connectivity index (χ1) is 15.1. The Morgan fingerprint density at radius 3 is 2.35 bits per heavy atom. The van der Waals surface area contributed by atoms with Crippen LogP contribution in [0.2, 0.25) is 5.02 Å². The quantitative estimate of drug-likeness (QED) is 0.325. The summed E-state index contributed by atoms with van der Waals surface area (Å²) in [5.74, 6) is -0.665. The van der Waals surface area contributed by atoms with Crippen molar-refractivity contribution in [3.8, 4) is 0 Å². The number of fused-ring (bicyclic) bond motifs is 1. The molecule has 152 valence electrons. The van der Waals surface area contributed by atoms with Gasteiger partial charge in [-0.2, -0.15) is 5.10 Å². The number of nitrogens with one attached hydrogen (secondary N) is 2. The van der Waals surface area contributed by atoms with E-state index in [1.54, 1.807) is 54.7 Å². The molecule has 4 aromatic rings. The summed E-state index contributed by atoms with van der Waals surface area (Å²) >= 11 is 5.85. The molecule has 4 aromatic carbocycles. The van der Waals surface area contributed by atoms with Gasteiger partial charge in [0.2, 0.25) is 0 Å². The molecule has 0 fully saturated rings. The van der Waals surface area contributed by atoms with Crippen molar-refractivity contribution in [3.05, 3.63) is 113 Å². The third-order valence-corrected chi connectivity index (χ3v) is 4.93. The van der Waals surface area contributed by atoms with Gasteiger partial charge in [-0.15, -0.1) is 0 Å². The number of nitrogens with zero attached hydrogens (tertiary/aromatic N) is 1. The summed E-state index contributed by atoms with van der Waals surface area (Å²) in [5, 5.41) is 9.57. The Hall–Kier alpha value is -3.96.